The van der Waals surface area contributed by atoms with E-state index in [2.05, 4.69) is 29.5 Å². The number of amides is 1. The number of ether oxygens (including phenoxy) is 2. The molecule has 0 saturated carbocycles. The van der Waals surface area contributed by atoms with Crippen molar-refractivity contribution in [3.8, 4) is 11.5 Å². The molecule has 0 atom stereocenters. The zero-order valence-corrected chi connectivity index (χ0v) is 15.1. The Kier molecular flexibility index (Phi) is 6.62. The van der Waals surface area contributed by atoms with Crippen LogP contribution in [0.1, 0.15) is 30.6 Å². The van der Waals surface area contributed by atoms with Crippen molar-refractivity contribution in [1.29, 1.82) is 0 Å². The van der Waals surface area contributed by atoms with Gasteiger partial charge in [-0.2, -0.15) is 0 Å². The second-order valence-electron chi connectivity index (χ2n) is 6.06. The second kappa shape index (κ2) is 8.92. The van der Waals surface area contributed by atoms with E-state index < -0.39 is 0 Å². The van der Waals surface area contributed by atoms with Crippen molar-refractivity contribution in [2.24, 2.45) is 5.92 Å². The maximum Gasteiger partial charge on any atom is 0.251 e. The van der Waals surface area contributed by atoms with Crippen LogP contribution < -0.4 is 20.1 Å². The Balaban J connectivity index is 2.12. The highest BCUT2D eigenvalue weighted by molar-refractivity contribution is 5.94. The summed E-state index contributed by atoms with van der Waals surface area (Å²) in [4.78, 5) is 16.5. The van der Waals surface area contributed by atoms with Crippen LogP contribution in [0.5, 0.6) is 11.5 Å². The molecule has 2 rings (SSSR count). The van der Waals surface area contributed by atoms with E-state index in [0.717, 1.165) is 6.42 Å². The normalized spacial score (nSPS) is 10.4. The van der Waals surface area contributed by atoms with Crippen LogP contribution in [0.2, 0.25) is 0 Å². The van der Waals surface area contributed by atoms with Crippen LogP contribution in [-0.2, 0) is 0 Å². The van der Waals surface area contributed by atoms with Crippen LogP contribution >= 0.6 is 0 Å². The molecule has 1 amide bonds. The molecule has 0 spiro atoms. The van der Waals surface area contributed by atoms with Crippen molar-refractivity contribution in [3.63, 3.8) is 0 Å². The number of hydrogen-bond acceptors (Lipinski definition) is 5. The van der Waals surface area contributed by atoms with E-state index in [1.54, 1.807) is 32.5 Å². The molecule has 0 aliphatic carbocycles. The largest absolute Gasteiger partial charge is 0.497 e. The Morgan fingerprint density at radius 3 is 2.64 bits per heavy atom. The lowest BCUT2D eigenvalue weighted by atomic mass is 10.1. The fraction of sp³-hybridized carbons (Fsp3) is 0.368. The lowest BCUT2D eigenvalue weighted by Crippen LogP contribution is -2.25. The van der Waals surface area contributed by atoms with E-state index in [-0.39, 0.29) is 5.91 Å². The lowest BCUT2D eigenvalue weighted by Gasteiger charge is -2.13. The Bertz CT molecular complexity index is 717. The smallest absolute Gasteiger partial charge is 0.251 e. The van der Waals surface area contributed by atoms with Crippen molar-refractivity contribution >= 4 is 17.4 Å². The van der Waals surface area contributed by atoms with Gasteiger partial charge in [0.2, 0.25) is 0 Å². The molecule has 134 valence electrons. The molecule has 0 aliphatic rings. The molecule has 1 heterocycles. The van der Waals surface area contributed by atoms with E-state index in [1.807, 2.05) is 18.2 Å². The predicted octanol–water partition coefficient (Wildman–Crippen LogP) is 3.62. The van der Waals surface area contributed by atoms with Gasteiger partial charge >= 0.3 is 0 Å². The molecule has 25 heavy (non-hydrogen) atoms. The number of carbonyl (C=O) groups excluding carboxylic acids is 1. The van der Waals surface area contributed by atoms with Gasteiger partial charge < -0.3 is 20.1 Å². The summed E-state index contributed by atoms with van der Waals surface area (Å²) in [6.45, 7) is 4.91. The van der Waals surface area contributed by atoms with Crippen LogP contribution in [0.3, 0.4) is 0 Å². The van der Waals surface area contributed by atoms with Crippen LogP contribution in [0.4, 0.5) is 11.5 Å². The number of carbonyl (C=O) groups is 1. The molecule has 0 fully saturated rings. The van der Waals surface area contributed by atoms with Crippen molar-refractivity contribution in [2.45, 2.75) is 20.3 Å². The molecule has 0 aliphatic heterocycles. The first kappa shape index (κ1) is 18.6. The van der Waals surface area contributed by atoms with Gasteiger partial charge in [0, 0.05) is 24.4 Å². The first-order chi connectivity index (χ1) is 12.0. The van der Waals surface area contributed by atoms with Gasteiger partial charge in [-0.15, -0.1) is 0 Å². The molecule has 0 bridgehead atoms. The number of rotatable bonds is 8. The van der Waals surface area contributed by atoms with Gasteiger partial charge in [0.25, 0.3) is 5.91 Å². The summed E-state index contributed by atoms with van der Waals surface area (Å²) in [5.74, 6) is 2.36. The molecule has 0 saturated heterocycles. The number of pyridine rings is 1. The summed E-state index contributed by atoms with van der Waals surface area (Å²) < 4.78 is 10.6. The number of methoxy groups -OCH3 is 2. The molecular weight excluding hydrogens is 318 g/mol. The lowest BCUT2D eigenvalue weighted by molar-refractivity contribution is 0.0952. The molecule has 0 unspecified atom stereocenters. The number of aromatic nitrogens is 1. The standard InChI is InChI=1S/C19H25N3O3/c1-13(2)7-9-21-19(23)14-8-10-20-18(11-14)22-16-12-15(24-3)5-6-17(16)25-4/h5-6,8,10-13H,7,9H2,1-4H3,(H,20,22)(H,21,23). The monoisotopic (exact) mass is 343 g/mol. The first-order valence-corrected chi connectivity index (χ1v) is 8.26. The summed E-state index contributed by atoms with van der Waals surface area (Å²) in [6.07, 6.45) is 2.55. The van der Waals surface area contributed by atoms with E-state index >= 15 is 0 Å². The first-order valence-electron chi connectivity index (χ1n) is 8.26. The second-order valence-corrected chi connectivity index (χ2v) is 6.06. The Labute approximate surface area is 148 Å². The minimum absolute atomic E-state index is 0.108. The predicted molar refractivity (Wildman–Crippen MR) is 98.9 cm³/mol. The maximum atomic E-state index is 12.2. The molecule has 1 aromatic heterocycles. The van der Waals surface area contributed by atoms with Gasteiger partial charge in [-0.1, -0.05) is 13.8 Å². The molecule has 6 heteroatoms. The zero-order valence-electron chi connectivity index (χ0n) is 15.1. The molecule has 0 radical (unpaired) electrons. The molecule has 2 N–H and O–H groups in total. The highest BCUT2D eigenvalue weighted by Gasteiger charge is 2.10. The van der Waals surface area contributed by atoms with E-state index in [0.29, 0.717) is 41.0 Å². The van der Waals surface area contributed by atoms with Gasteiger partial charge in [-0.25, -0.2) is 4.98 Å². The summed E-state index contributed by atoms with van der Waals surface area (Å²) in [6, 6.07) is 8.85. The highest BCUT2D eigenvalue weighted by atomic mass is 16.5. The van der Waals surface area contributed by atoms with Gasteiger partial charge in [-0.05, 0) is 36.6 Å². The number of nitrogens with zero attached hydrogens (tertiary/aromatic N) is 1. The SMILES string of the molecule is COc1ccc(OC)c(Nc2cc(C(=O)NCCC(C)C)ccn2)c1. The molecule has 6 nitrogen and oxygen atoms in total. The Hall–Kier alpha value is -2.76. The van der Waals surface area contributed by atoms with Crippen LogP contribution in [0.25, 0.3) is 0 Å². The van der Waals surface area contributed by atoms with Crippen molar-refractivity contribution < 1.29 is 14.3 Å². The van der Waals surface area contributed by atoms with Crippen molar-refractivity contribution in [1.82, 2.24) is 10.3 Å². The van der Waals surface area contributed by atoms with Gasteiger partial charge in [0.05, 0.1) is 19.9 Å². The zero-order chi connectivity index (χ0) is 18.2. The summed E-state index contributed by atoms with van der Waals surface area (Å²) in [5, 5.41) is 6.09. The maximum absolute atomic E-state index is 12.2. The molecule has 2 aromatic rings. The summed E-state index contributed by atoms with van der Waals surface area (Å²) in [7, 11) is 3.20. The minimum Gasteiger partial charge on any atom is -0.497 e. The summed E-state index contributed by atoms with van der Waals surface area (Å²) >= 11 is 0. The number of nitrogens with one attached hydrogen (secondary N) is 2. The minimum atomic E-state index is -0.108. The third-order valence-corrected chi connectivity index (χ3v) is 3.70. The summed E-state index contributed by atoms with van der Waals surface area (Å²) in [5.41, 5.74) is 1.27. The highest BCUT2D eigenvalue weighted by Crippen LogP contribution is 2.31. The fourth-order valence-electron chi connectivity index (χ4n) is 2.27. The van der Waals surface area contributed by atoms with Gasteiger partial charge in [0.1, 0.15) is 17.3 Å². The van der Waals surface area contributed by atoms with Crippen LogP contribution in [0.15, 0.2) is 36.5 Å². The van der Waals surface area contributed by atoms with Crippen molar-refractivity contribution in [2.75, 3.05) is 26.1 Å². The average molecular weight is 343 g/mol. The van der Waals surface area contributed by atoms with E-state index in [9.17, 15) is 4.79 Å². The average Bonchev–Trinajstić information content (AvgIpc) is 2.61. The van der Waals surface area contributed by atoms with Gasteiger partial charge in [0.15, 0.2) is 0 Å². The molecule has 1 aromatic carbocycles. The van der Waals surface area contributed by atoms with Crippen LogP contribution in [0, 0.1) is 5.92 Å². The van der Waals surface area contributed by atoms with E-state index in [1.165, 1.54) is 0 Å². The van der Waals surface area contributed by atoms with Crippen molar-refractivity contribution in [3.05, 3.63) is 42.1 Å². The Morgan fingerprint density at radius 2 is 1.96 bits per heavy atom. The van der Waals surface area contributed by atoms with E-state index in [4.69, 9.17) is 9.47 Å². The topological polar surface area (TPSA) is 72.5 Å². The fourth-order valence-corrected chi connectivity index (χ4v) is 2.27. The third-order valence-electron chi connectivity index (χ3n) is 3.70. The Morgan fingerprint density at radius 1 is 1.16 bits per heavy atom. The van der Waals surface area contributed by atoms with Crippen LogP contribution in [-0.4, -0.2) is 31.7 Å². The number of benzene rings is 1. The molecular formula is C19H25N3O3. The quantitative estimate of drug-likeness (QED) is 0.766. The third kappa shape index (κ3) is 5.38. The number of hydrogen-bond donors (Lipinski definition) is 2. The number of anilines is 2. The van der Waals surface area contributed by atoms with Gasteiger partial charge in [-0.3, -0.25) is 4.79 Å².